The van der Waals surface area contributed by atoms with Crippen LogP contribution in [-0.2, 0) is 21.4 Å². The molecule has 1 aromatic heterocycles. The minimum absolute atomic E-state index is 0.0198. The second-order valence-corrected chi connectivity index (χ2v) is 4.91. The molecule has 8 heteroatoms. The average Bonchev–Trinajstić information content (AvgIpc) is 2.50. The number of primary amides is 1. The topological polar surface area (TPSA) is 107 Å². The molecule has 0 radical (unpaired) electrons. The first-order valence-electron chi connectivity index (χ1n) is 4.24. The highest BCUT2D eigenvalue weighted by Crippen LogP contribution is 2.07. The molecule has 3 N–H and O–H groups in total. The second kappa shape index (κ2) is 4.30. The quantitative estimate of drug-likeness (QED) is 0.688. The van der Waals surface area contributed by atoms with E-state index in [0.29, 0.717) is 5.69 Å². The van der Waals surface area contributed by atoms with Gasteiger partial charge in [0.2, 0.25) is 15.9 Å². The van der Waals surface area contributed by atoms with Crippen molar-refractivity contribution >= 4 is 21.6 Å². The summed E-state index contributed by atoms with van der Waals surface area (Å²) < 4.78 is 25.9. The Morgan fingerprint density at radius 2 is 2.33 bits per heavy atom. The lowest BCUT2D eigenvalue weighted by Gasteiger charge is -2.01. The van der Waals surface area contributed by atoms with E-state index < -0.39 is 15.9 Å². The summed E-state index contributed by atoms with van der Waals surface area (Å²) in [6.07, 6.45) is 2.72. The van der Waals surface area contributed by atoms with Crippen LogP contribution in [0.5, 0.6) is 0 Å². The summed E-state index contributed by atoms with van der Waals surface area (Å²) in [4.78, 5) is 10.5. The van der Waals surface area contributed by atoms with E-state index in [0.717, 1.165) is 0 Å². The number of sulfonamides is 1. The molecule has 0 aromatic carbocycles. The standard InChI is InChI=1S/C7H12N4O3S/c1-2-15(13,14)10-6-3-9-11(4-6)5-7(8)12/h3-4,10H,2,5H2,1H3,(H2,8,12). The third-order valence-corrected chi connectivity index (χ3v) is 2.91. The normalized spacial score (nSPS) is 11.3. The molecule has 0 bridgehead atoms. The molecule has 1 rings (SSSR count). The molecule has 0 aliphatic heterocycles. The van der Waals surface area contributed by atoms with Crippen LogP contribution in [0.1, 0.15) is 6.92 Å². The molecule has 1 heterocycles. The average molecular weight is 232 g/mol. The van der Waals surface area contributed by atoms with E-state index >= 15 is 0 Å². The highest BCUT2D eigenvalue weighted by Gasteiger charge is 2.08. The molecular formula is C7H12N4O3S. The van der Waals surface area contributed by atoms with E-state index in [4.69, 9.17) is 5.73 Å². The number of rotatable bonds is 5. The number of carbonyl (C=O) groups is 1. The van der Waals surface area contributed by atoms with Gasteiger partial charge in [0, 0.05) is 6.20 Å². The predicted octanol–water partition coefficient (Wildman–Crippen LogP) is -0.870. The Hall–Kier alpha value is -1.57. The number of aromatic nitrogens is 2. The van der Waals surface area contributed by atoms with E-state index in [2.05, 4.69) is 9.82 Å². The van der Waals surface area contributed by atoms with Crippen LogP contribution in [0.3, 0.4) is 0 Å². The van der Waals surface area contributed by atoms with Gasteiger partial charge in [0.05, 0.1) is 17.6 Å². The van der Waals surface area contributed by atoms with Crippen LogP contribution in [0.4, 0.5) is 5.69 Å². The van der Waals surface area contributed by atoms with Crippen molar-refractivity contribution in [3.8, 4) is 0 Å². The number of hydrogen-bond donors (Lipinski definition) is 2. The van der Waals surface area contributed by atoms with Crippen LogP contribution in [0.2, 0.25) is 0 Å². The number of amides is 1. The van der Waals surface area contributed by atoms with Crippen molar-refractivity contribution in [1.82, 2.24) is 9.78 Å². The lowest BCUT2D eigenvalue weighted by Crippen LogP contribution is -2.18. The molecule has 0 saturated carbocycles. The first kappa shape index (κ1) is 11.5. The molecule has 0 unspecified atom stereocenters. The Morgan fingerprint density at radius 3 is 2.87 bits per heavy atom. The van der Waals surface area contributed by atoms with E-state index in [1.54, 1.807) is 0 Å². The molecule has 84 valence electrons. The van der Waals surface area contributed by atoms with Gasteiger partial charge >= 0.3 is 0 Å². The Kier molecular flexibility index (Phi) is 3.30. The van der Waals surface area contributed by atoms with Gasteiger partial charge in [-0.15, -0.1) is 0 Å². The van der Waals surface area contributed by atoms with Gasteiger partial charge < -0.3 is 5.73 Å². The smallest absolute Gasteiger partial charge is 0.239 e. The number of hydrogen-bond acceptors (Lipinski definition) is 4. The van der Waals surface area contributed by atoms with E-state index in [1.165, 1.54) is 24.0 Å². The zero-order valence-corrected chi connectivity index (χ0v) is 8.99. The fraction of sp³-hybridized carbons (Fsp3) is 0.429. The maximum absolute atomic E-state index is 11.2. The molecule has 15 heavy (non-hydrogen) atoms. The maximum atomic E-state index is 11.2. The highest BCUT2D eigenvalue weighted by atomic mass is 32.2. The first-order valence-corrected chi connectivity index (χ1v) is 5.89. The molecule has 0 atom stereocenters. The highest BCUT2D eigenvalue weighted by molar-refractivity contribution is 7.92. The largest absolute Gasteiger partial charge is 0.368 e. The number of nitrogens with two attached hydrogens (primary N) is 1. The van der Waals surface area contributed by atoms with Crippen molar-refractivity contribution in [1.29, 1.82) is 0 Å². The Bertz CT molecular complexity index is 451. The molecule has 0 saturated heterocycles. The molecule has 0 aliphatic rings. The number of nitrogens with zero attached hydrogens (tertiary/aromatic N) is 2. The summed E-state index contributed by atoms with van der Waals surface area (Å²) in [6, 6.07) is 0. The van der Waals surface area contributed by atoms with Crippen molar-refractivity contribution in [2.45, 2.75) is 13.5 Å². The third kappa shape index (κ3) is 3.58. The van der Waals surface area contributed by atoms with Crippen LogP contribution in [0.25, 0.3) is 0 Å². The Labute approximate surface area is 87.3 Å². The number of nitrogens with one attached hydrogen (secondary N) is 1. The van der Waals surface area contributed by atoms with Gasteiger partial charge in [-0.25, -0.2) is 8.42 Å². The monoisotopic (exact) mass is 232 g/mol. The van der Waals surface area contributed by atoms with Gasteiger partial charge in [0.25, 0.3) is 0 Å². The summed E-state index contributed by atoms with van der Waals surface area (Å²) in [5.74, 6) is -0.559. The van der Waals surface area contributed by atoms with E-state index in [1.807, 2.05) is 0 Å². The fourth-order valence-electron chi connectivity index (χ4n) is 0.914. The van der Waals surface area contributed by atoms with Crippen molar-refractivity contribution < 1.29 is 13.2 Å². The van der Waals surface area contributed by atoms with Gasteiger partial charge in [-0.1, -0.05) is 0 Å². The van der Waals surface area contributed by atoms with Crippen molar-refractivity contribution in [2.24, 2.45) is 5.73 Å². The summed E-state index contributed by atoms with van der Waals surface area (Å²) in [5, 5.41) is 3.76. The van der Waals surface area contributed by atoms with Gasteiger partial charge in [-0.2, -0.15) is 5.10 Å². The van der Waals surface area contributed by atoms with Crippen LogP contribution in [0, 0.1) is 0 Å². The minimum Gasteiger partial charge on any atom is -0.368 e. The summed E-state index contributed by atoms with van der Waals surface area (Å²) in [6.45, 7) is 1.45. The van der Waals surface area contributed by atoms with E-state index in [9.17, 15) is 13.2 Å². The predicted molar refractivity (Wildman–Crippen MR) is 54.5 cm³/mol. The van der Waals surface area contributed by atoms with Crippen molar-refractivity contribution in [3.05, 3.63) is 12.4 Å². The van der Waals surface area contributed by atoms with E-state index in [-0.39, 0.29) is 12.3 Å². The summed E-state index contributed by atoms with van der Waals surface area (Å²) in [7, 11) is -3.31. The molecule has 0 aliphatic carbocycles. The maximum Gasteiger partial charge on any atom is 0.239 e. The molecule has 1 aromatic rings. The van der Waals surface area contributed by atoms with Crippen LogP contribution < -0.4 is 10.5 Å². The van der Waals surface area contributed by atoms with Gasteiger partial charge in [0.1, 0.15) is 6.54 Å². The van der Waals surface area contributed by atoms with Gasteiger partial charge in [-0.3, -0.25) is 14.2 Å². The molecule has 7 nitrogen and oxygen atoms in total. The summed E-state index contributed by atoms with van der Waals surface area (Å²) in [5.41, 5.74) is 5.27. The molecular weight excluding hydrogens is 220 g/mol. The van der Waals surface area contributed by atoms with Gasteiger partial charge in [-0.05, 0) is 6.92 Å². The molecule has 1 amide bonds. The Morgan fingerprint density at radius 1 is 1.67 bits per heavy atom. The second-order valence-electron chi connectivity index (χ2n) is 2.90. The Balaban J connectivity index is 2.73. The fourth-order valence-corrected chi connectivity index (χ4v) is 1.52. The molecule has 0 fully saturated rings. The minimum atomic E-state index is -3.31. The van der Waals surface area contributed by atoms with Crippen LogP contribution in [-0.4, -0.2) is 29.9 Å². The zero-order valence-electron chi connectivity index (χ0n) is 8.17. The SMILES string of the molecule is CCS(=O)(=O)Nc1cnn(CC(N)=O)c1. The summed E-state index contributed by atoms with van der Waals surface area (Å²) >= 11 is 0. The zero-order chi connectivity index (χ0) is 11.5. The van der Waals surface area contributed by atoms with Crippen LogP contribution in [0.15, 0.2) is 12.4 Å². The van der Waals surface area contributed by atoms with Crippen LogP contribution >= 0.6 is 0 Å². The number of anilines is 1. The van der Waals surface area contributed by atoms with Crippen molar-refractivity contribution in [3.63, 3.8) is 0 Å². The number of carbonyl (C=O) groups excluding carboxylic acids is 1. The van der Waals surface area contributed by atoms with Crippen molar-refractivity contribution in [2.75, 3.05) is 10.5 Å². The molecule has 0 spiro atoms. The lowest BCUT2D eigenvalue weighted by molar-refractivity contribution is -0.118. The lowest BCUT2D eigenvalue weighted by atomic mass is 10.6. The van der Waals surface area contributed by atoms with Gasteiger partial charge in [0.15, 0.2) is 0 Å². The third-order valence-electron chi connectivity index (χ3n) is 1.60. The first-order chi connectivity index (χ1) is 6.93.